The minimum Gasteiger partial charge on any atom is -0.321 e. The fourth-order valence-electron chi connectivity index (χ4n) is 2.94. The lowest BCUT2D eigenvalue weighted by Gasteiger charge is -2.48. The highest BCUT2D eigenvalue weighted by Gasteiger charge is 2.44. The van der Waals surface area contributed by atoms with Crippen molar-refractivity contribution in [2.24, 2.45) is 11.1 Å². The van der Waals surface area contributed by atoms with E-state index in [9.17, 15) is 4.39 Å². The second kappa shape index (κ2) is 4.09. The summed E-state index contributed by atoms with van der Waals surface area (Å²) in [5, 5.41) is 0. The molecule has 0 bridgehead atoms. The van der Waals surface area contributed by atoms with E-state index in [1.165, 1.54) is 6.42 Å². The lowest BCUT2D eigenvalue weighted by Crippen LogP contribution is -2.51. The zero-order valence-electron chi connectivity index (χ0n) is 11.0. The van der Waals surface area contributed by atoms with Crippen LogP contribution in [0.15, 0.2) is 18.2 Å². The van der Waals surface area contributed by atoms with Gasteiger partial charge in [0, 0.05) is 5.54 Å². The van der Waals surface area contributed by atoms with Crippen LogP contribution in [0.3, 0.4) is 0 Å². The van der Waals surface area contributed by atoms with Gasteiger partial charge in [-0.25, -0.2) is 4.39 Å². The summed E-state index contributed by atoms with van der Waals surface area (Å²) in [5.41, 5.74) is 7.89. The standard InChI is InChI=1S/C15H22FN/c1-11-6-7-12(10-13(11)16)15(17)9-5-4-8-14(15,2)3/h6-7,10H,4-5,8-9,17H2,1-3H3. The Morgan fingerprint density at radius 1 is 1.18 bits per heavy atom. The minimum atomic E-state index is -0.389. The van der Waals surface area contributed by atoms with Gasteiger partial charge in [-0.2, -0.15) is 0 Å². The largest absolute Gasteiger partial charge is 0.321 e. The van der Waals surface area contributed by atoms with Crippen LogP contribution >= 0.6 is 0 Å². The lowest BCUT2D eigenvalue weighted by molar-refractivity contribution is 0.0975. The van der Waals surface area contributed by atoms with Crippen LogP contribution in [0, 0.1) is 18.2 Å². The predicted molar refractivity (Wildman–Crippen MR) is 69.3 cm³/mol. The van der Waals surface area contributed by atoms with E-state index in [0.29, 0.717) is 5.56 Å². The highest BCUT2D eigenvalue weighted by atomic mass is 19.1. The van der Waals surface area contributed by atoms with Crippen molar-refractivity contribution < 1.29 is 4.39 Å². The normalized spacial score (nSPS) is 28.1. The van der Waals surface area contributed by atoms with E-state index in [2.05, 4.69) is 13.8 Å². The predicted octanol–water partition coefficient (Wildman–Crippen LogP) is 3.89. The molecule has 0 aromatic heterocycles. The second-order valence-electron chi connectivity index (χ2n) is 6.03. The fourth-order valence-corrected chi connectivity index (χ4v) is 2.94. The molecule has 0 saturated heterocycles. The molecule has 0 amide bonds. The third-order valence-electron chi connectivity index (χ3n) is 4.52. The van der Waals surface area contributed by atoms with Crippen LogP contribution < -0.4 is 5.73 Å². The molecule has 1 unspecified atom stereocenters. The monoisotopic (exact) mass is 235 g/mol. The Morgan fingerprint density at radius 3 is 2.41 bits per heavy atom. The van der Waals surface area contributed by atoms with Crippen LogP contribution in [0.1, 0.15) is 50.7 Å². The molecule has 1 fully saturated rings. The molecule has 2 rings (SSSR count). The molecule has 1 aromatic carbocycles. The van der Waals surface area contributed by atoms with Crippen molar-refractivity contribution in [2.75, 3.05) is 0 Å². The Kier molecular flexibility index (Phi) is 3.03. The molecule has 1 atom stereocenters. The van der Waals surface area contributed by atoms with Gasteiger partial charge >= 0.3 is 0 Å². The molecule has 0 spiro atoms. The molecular weight excluding hydrogens is 213 g/mol. The molecule has 94 valence electrons. The Bertz CT molecular complexity index is 425. The number of rotatable bonds is 1. The summed E-state index contributed by atoms with van der Waals surface area (Å²) in [6.45, 7) is 6.18. The number of nitrogens with two attached hydrogens (primary N) is 1. The van der Waals surface area contributed by atoms with Crippen molar-refractivity contribution in [3.05, 3.63) is 35.1 Å². The highest BCUT2D eigenvalue weighted by Crippen LogP contribution is 2.48. The number of hydrogen-bond donors (Lipinski definition) is 1. The van der Waals surface area contributed by atoms with E-state index in [4.69, 9.17) is 5.73 Å². The number of hydrogen-bond acceptors (Lipinski definition) is 1. The maximum atomic E-state index is 13.7. The van der Waals surface area contributed by atoms with Crippen LogP contribution in [-0.2, 0) is 5.54 Å². The topological polar surface area (TPSA) is 26.0 Å². The SMILES string of the molecule is Cc1ccc(C2(N)CCCCC2(C)C)cc1F. The maximum Gasteiger partial charge on any atom is 0.126 e. The maximum absolute atomic E-state index is 13.7. The zero-order chi connectivity index (χ0) is 12.7. The molecule has 0 aliphatic heterocycles. The van der Waals surface area contributed by atoms with Gasteiger partial charge in [0.1, 0.15) is 5.82 Å². The van der Waals surface area contributed by atoms with Crippen LogP contribution in [-0.4, -0.2) is 0 Å². The molecule has 2 N–H and O–H groups in total. The van der Waals surface area contributed by atoms with E-state index in [1.807, 2.05) is 12.1 Å². The van der Waals surface area contributed by atoms with Gasteiger partial charge in [-0.1, -0.05) is 38.8 Å². The van der Waals surface area contributed by atoms with Gasteiger partial charge in [-0.15, -0.1) is 0 Å². The third kappa shape index (κ3) is 1.99. The lowest BCUT2D eigenvalue weighted by atomic mass is 9.61. The van der Waals surface area contributed by atoms with Gasteiger partial charge in [0.2, 0.25) is 0 Å². The fraction of sp³-hybridized carbons (Fsp3) is 0.600. The zero-order valence-corrected chi connectivity index (χ0v) is 11.0. The quantitative estimate of drug-likeness (QED) is 0.785. The summed E-state index contributed by atoms with van der Waals surface area (Å²) in [5.74, 6) is -0.145. The summed E-state index contributed by atoms with van der Waals surface area (Å²) in [4.78, 5) is 0. The molecule has 2 heteroatoms. The summed E-state index contributed by atoms with van der Waals surface area (Å²) < 4.78 is 13.7. The average molecular weight is 235 g/mol. The van der Waals surface area contributed by atoms with Gasteiger partial charge in [-0.05, 0) is 42.4 Å². The first-order valence-electron chi connectivity index (χ1n) is 6.42. The summed E-state index contributed by atoms with van der Waals surface area (Å²) >= 11 is 0. The molecule has 17 heavy (non-hydrogen) atoms. The van der Waals surface area contributed by atoms with Crippen LogP contribution in [0.25, 0.3) is 0 Å². The molecule has 0 heterocycles. The summed E-state index contributed by atoms with van der Waals surface area (Å²) in [7, 11) is 0. The van der Waals surface area contributed by atoms with E-state index in [-0.39, 0.29) is 16.8 Å². The van der Waals surface area contributed by atoms with E-state index >= 15 is 0 Å². The molecule has 1 aliphatic carbocycles. The molecular formula is C15H22FN. The van der Waals surface area contributed by atoms with Crippen molar-refractivity contribution in [2.45, 2.75) is 52.0 Å². The van der Waals surface area contributed by atoms with Crippen molar-refractivity contribution >= 4 is 0 Å². The van der Waals surface area contributed by atoms with Gasteiger partial charge in [0.25, 0.3) is 0 Å². The number of halogens is 1. The molecule has 0 radical (unpaired) electrons. The minimum absolute atomic E-state index is 0.0347. The van der Waals surface area contributed by atoms with E-state index in [1.54, 1.807) is 13.0 Å². The average Bonchev–Trinajstić information content (AvgIpc) is 2.26. The van der Waals surface area contributed by atoms with Crippen molar-refractivity contribution in [1.29, 1.82) is 0 Å². The second-order valence-corrected chi connectivity index (χ2v) is 6.03. The van der Waals surface area contributed by atoms with Crippen molar-refractivity contribution in [3.63, 3.8) is 0 Å². The van der Waals surface area contributed by atoms with E-state index < -0.39 is 0 Å². The smallest absolute Gasteiger partial charge is 0.126 e. The van der Waals surface area contributed by atoms with E-state index in [0.717, 1.165) is 24.8 Å². The molecule has 1 aromatic rings. The van der Waals surface area contributed by atoms with Gasteiger partial charge < -0.3 is 5.73 Å². The van der Waals surface area contributed by atoms with Crippen LogP contribution in [0.4, 0.5) is 4.39 Å². The van der Waals surface area contributed by atoms with Crippen molar-refractivity contribution in [1.82, 2.24) is 0 Å². The molecule has 1 saturated carbocycles. The Morgan fingerprint density at radius 2 is 1.82 bits per heavy atom. The highest BCUT2D eigenvalue weighted by molar-refractivity contribution is 5.31. The number of aryl methyl sites for hydroxylation is 1. The Labute approximate surface area is 103 Å². The first-order valence-corrected chi connectivity index (χ1v) is 6.42. The van der Waals surface area contributed by atoms with Gasteiger partial charge in [0.05, 0.1) is 0 Å². The molecule has 1 nitrogen and oxygen atoms in total. The van der Waals surface area contributed by atoms with Crippen LogP contribution in [0.5, 0.6) is 0 Å². The Hall–Kier alpha value is -0.890. The first-order chi connectivity index (χ1) is 7.87. The molecule has 1 aliphatic rings. The number of benzene rings is 1. The third-order valence-corrected chi connectivity index (χ3v) is 4.52. The van der Waals surface area contributed by atoms with Crippen molar-refractivity contribution in [3.8, 4) is 0 Å². The summed E-state index contributed by atoms with van der Waals surface area (Å²) in [6.07, 6.45) is 4.41. The Balaban J connectivity index is 2.45. The van der Waals surface area contributed by atoms with Gasteiger partial charge in [-0.3, -0.25) is 0 Å². The van der Waals surface area contributed by atoms with Crippen LogP contribution in [0.2, 0.25) is 0 Å². The van der Waals surface area contributed by atoms with Gasteiger partial charge in [0.15, 0.2) is 0 Å². The first kappa shape index (κ1) is 12.6. The summed E-state index contributed by atoms with van der Waals surface area (Å²) in [6, 6.07) is 5.46.